The summed E-state index contributed by atoms with van der Waals surface area (Å²) in [5.74, 6) is -0.316. The Labute approximate surface area is 98.1 Å². The third-order valence-corrected chi connectivity index (χ3v) is 3.39. The zero-order chi connectivity index (χ0) is 12.2. The fourth-order valence-corrected chi connectivity index (χ4v) is 2.17. The molecule has 0 aromatic rings. The molecule has 1 fully saturated rings. The van der Waals surface area contributed by atoms with Crippen LogP contribution in [0.1, 0.15) is 33.1 Å². The first-order valence-electron chi connectivity index (χ1n) is 6.00. The van der Waals surface area contributed by atoms with Gasteiger partial charge in [-0.25, -0.2) is 0 Å². The van der Waals surface area contributed by atoms with Gasteiger partial charge in [0.05, 0.1) is 7.11 Å². The molecular formula is C12H24N2O2. The third kappa shape index (κ3) is 4.10. The van der Waals surface area contributed by atoms with Crippen LogP contribution in [0.3, 0.4) is 0 Å². The van der Waals surface area contributed by atoms with Gasteiger partial charge in [0.25, 0.3) is 0 Å². The Balaban J connectivity index is 2.41. The normalized spacial score (nSPS) is 23.5. The molecule has 2 N–H and O–H groups in total. The molecule has 0 aromatic heterocycles. The summed E-state index contributed by atoms with van der Waals surface area (Å²) in [5, 5.41) is 0. The zero-order valence-electron chi connectivity index (χ0n) is 10.7. The topological polar surface area (TPSA) is 55.6 Å². The minimum absolute atomic E-state index is 0.316. The van der Waals surface area contributed by atoms with Gasteiger partial charge in [-0.1, -0.05) is 13.8 Å². The quantitative estimate of drug-likeness (QED) is 0.732. The molecule has 0 spiro atoms. The largest absolute Gasteiger partial charge is 0.468 e. The van der Waals surface area contributed by atoms with Crippen molar-refractivity contribution >= 4 is 5.97 Å². The summed E-state index contributed by atoms with van der Waals surface area (Å²) in [7, 11) is 1.38. The second kappa shape index (κ2) is 5.64. The molecule has 0 radical (unpaired) electrons. The summed E-state index contributed by atoms with van der Waals surface area (Å²) in [5.41, 5.74) is 6.18. The SMILES string of the molecule is COC(=O)C(N)CN1CCCC(C)(C)CC1. The summed E-state index contributed by atoms with van der Waals surface area (Å²) >= 11 is 0. The number of hydrogen-bond donors (Lipinski definition) is 1. The predicted molar refractivity (Wildman–Crippen MR) is 64.1 cm³/mol. The summed E-state index contributed by atoms with van der Waals surface area (Å²) < 4.78 is 4.64. The van der Waals surface area contributed by atoms with Crippen LogP contribution < -0.4 is 5.73 Å². The van der Waals surface area contributed by atoms with E-state index in [1.54, 1.807) is 0 Å². The van der Waals surface area contributed by atoms with Gasteiger partial charge in [0, 0.05) is 6.54 Å². The molecule has 4 heteroatoms. The van der Waals surface area contributed by atoms with Gasteiger partial charge in [-0.15, -0.1) is 0 Å². The highest BCUT2D eigenvalue weighted by atomic mass is 16.5. The van der Waals surface area contributed by atoms with E-state index in [4.69, 9.17) is 5.73 Å². The molecule has 1 atom stereocenters. The highest BCUT2D eigenvalue weighted by molar-refractivity contribution is 5.75. The Morgan fingerprint density at radius 2 is 2.12 bits per heavy atom. The molecule has 1 heterocycles. The van der Waals surface area contributed by atoms with E-state index in [1.807, 2.05) is 0 Å². The Morgan fingerprint density at radius 1 is 1.44 bits per heavy atom. The number of esters is 1. The van der Waals surface area contributed by atoms with Gasteiger partial charge in [0.1, 0.15) is 6.04 Å². The van der Waals surface area contributed by atoms with Crippen LogP contribution in [0.4, 0.5) is 0 Å². The van der Waals surface area contributed by atoms with E-state index in [-0.39, 0.29) is 5.97 Å². The third-order valence-electron chi connectivity index (χ3n) is 3.39. The first-order valence-corrected chi connectivity index (χ1v) is 6.00. The number of methoxy groups -OCH3 is 1. The highest BCUT2D eigenvalue weighted by Crippen LogP contribution is 2.29. The molecular weight excluding hydrogens is 204 g/mol. The van der Waals surface area contributed by atoms with Gasteiger partial charge in [-0.05, 0) is 37.8 Å². The zero-order valence-corrected chi connectivity index (χ0v) is 10.7. The van der Waals surface area contributed by atoms with Crippen molar-refractivity contribution in [3.63, 3.8) is 0 Å². The monoisotopic (exact) mass is 228 g/mol. The summed E-state index contributed by atoms with van der Waals surface area (Å²) in [6.07, 6.45) is 3.60. The smallest absolute Gasteiger partial charge is 0.323 e. The lowest BCUT2D eigenvalue weighted by molar-refractivity contribution is -0.142. The van der Waals surface area contributed by atoms with Crippen LogP contribution in [-0.4, -0.2) is 43.7 Å². The summed E-state index contributed by atoms with van der Waals surface area (Å²) in [4.78, 5) is 13.5. The number of carbonyl (C=O) groups excluding carboxylic acids is 1. The number of likely N-dealkylation sites (tertiary alicyclic amines) is 1. The second-order valence-corrected chi connectivity index (χ2v) is 5.45. The average molecular weight is 228 g/mol. The number of hydrogen-bond acceptors (Lipinski definition) is 4. The lowest BCUT2D eigenvalue weighted by Crippen LogP contribution is -2.43. The van der Waals surface area contributed by atoms with Gasteiger partial charge in [0.2, 0.25) is 0 Å². The van der Waals surface area contributed by atoms with Gasteiger partial charge < -0.3 is 15.4 Å². The van der Waals surface area contributed by atoms with E-state index in [0.717, 1.165) is 13.1 Å². The Hall–Kier alpha value is -0.610. The fraction of sp³-hybridized carbons (Fsp3) is 0.917. The van der Waals surface area contributed by atoms with Crippen molar-refractivity contribution in [3.05, 3.63) is 0 Å². The molecule has 4 nitrogen and oxygen atoms in total. The van der Waals surface area contributed by atoms with Crippen LogP contribution >= 0.6 is 0 Å². The van der Waals surface area contributed by atoms with Crippen molar-refractivity contribution in [1.82, 2.24) is 4.90 Å². The van der Waals surface area contributed by atoms with Crippen LogP contribution in [-0.2, 0) is 9.53 Å². The molecule has 16 heavy (non-hydrogen) atoms. The molecule has 0 amide bonds. The summed E-state index contributed by atoms with van der Waals surface area (Å²) in [6, 6.07) is -0.508. The maximum atomic E-state index is 11.2. The molecule has 0 aliphatic carbocycles. The van der Waals surface area contributed by atoms with Crippen molar-refractivity contribution < 1.29 is 9.53 Å². The first kappa shape index (κ1) is 13.5. The van der Waals surface area contributed by atoms with Crippen molar-refractivity contribution in [3.8, 4) is 0 Å². The average Bonchev–Trinajstić information content (AvgIpc) is 2.39. The molecule has 1 aliphatic rings. The van der Waals surface area contributed by atoms with Crippen molar-refractivity contribution in [1.29, 1.82) is 0 Å². The lowest BCUT2D eigenvalue weighted by atomic mass is 9.85. The number of carbonyl (C=O) groups is 1. The second-order valence-electron chi connectivity index (χ2n) is 5.45. The fourth-order valence-electron chi connectivity index (χ4n) is 2.17. The van der Waals surface area contributed by atoms with E-state index in [2.05, 4.69) is 23.5 Å². The Bertz CT molecular complexity index is 241. The van der Waals surface area contributed by atoms with Crippen LogP contribution in [0.25, 0.3) is 0 Å². The molecule has 1 saturated heterocycles. The number of ether oxygens (including phenoxy) is 1. The van der Waals surface area contributed by atoms with Crippen molar-refractivity contribution in [2.45, 2.75) is 39.2 Å². The van der Waals surface area contributed by atoms with Gasteiger partial charge in [-0.3, -0.25) is 4.79 Å². The van der Waals surface area contributed by atoms with Gasteiger partial charge in [-0.2, -0.15) is 0 Å². The van der Waals surface area contributed by atoms with E-state index < -0.39 is 6.04 Å². The highest BCUT2D eigenvalue weighted by Gasteiger charge is 2.25. The van der Waals surface area contributed by atoms with Crippen molar-refractivity contribution in [2.75, 3.05) is 26.7 Å². The Morgan fingerprint density at radius 3 is 2.75 bits per heavy atom. The van der Waals surface area contributed by atoms with Crippen LogP contribution in [0.2, 0.25) is 0 Å². The first-order chi connectivity index (χ1) is 7.44. The van der Waals surface area contributed by atoms with Crippen LogP contribution in [0.5, 0.6) is 0 Å². The molecule has 0 aromatic carbocycles. The molecule has 1 rings (SSSR count). The van der Waals surface area contributed by atoms with Crippen LogP contribution in [0.15, 0.2) is 0 Å². The molecule has 0 bridgehead atoms. The summed E-state index contributed by atoms with van der Waals surface area (Å²) in [6.45, 7) is 7.28. The maximum absolute atomic E-state index is 11.2. The van der Waals surface area contributed by atoms with Gasteiger partial charge in [0.15, 0.2) is 0 Å². The number of rotatable bonds is 3. The number of nitrogens with two attached hydrogens (primary N) is 1. The lowest BCUT2D eigenvalue weighted by Gasteiger charge is -2.24. The molecule has 94 valence electrons. The predicted octanol–water partition coefficient (Wildman–Crippen LogP) is 0.999. The van der Waals surface area contributed by atoms with E-state index in [0.29, 0.717) is 12.0 Å². The minimum Gasteiger partial charge on any atom is -0.468 e. The van der Waals surface area contributed by atoms with E-state index in [1.165, 1.54) is 26.4 Å². The number of nitrogens with zero attached hydrogens (tertiary/aromatic N) is 1. The standard InChI is InChI=1S/C12H24N2O2/c1-12(2)5-4-7-14(8-6-12)9-10(13)11(15)16-3/h10H,4-9,13H2,1-3H3. The maximum Gasteiger partial charge on any atom is 0.323 e. The van der Waals surface area contributed by atoms with E-state index in [9.17, 15) is 4.79 Å². The minimum atomic E-state index is -0.508. The van der Waals surface area contributed by atoms with Gasteiger partial charge >= 0.3 is 5.97 Å². The molecule has 1 unspecified atom stereocenters. The van der Waals surface area contributed by atoms with Crippen LogP contribution in [0, 0.1) is 5.41 Å². The van der Waals surface area contributed by atoms with Crippen molar-refractivity contribution in [2.24, 2.45) is 11.1 Å². The van der Waals surface area contributed by atoms with E-state index >= 15 is 0 Å². The molecule has 1 aliphatic heterocycles. The molecule has 0 saturated carbocycles. The Kier molecular flexibility index (Phi) is 4.74.